The third kappa shape index (κ3) is 3.33. The van der Waals surface area contributed by atoms with E-state index in [2.05, 4.69) is 20.2 Å². The normalized spacial score (nSPS) is 15.8. The summed E-state index contributed by atoms with van der Waals surface area (Å²) < 4.78 is 10.5. The minimum absolute atomic E-state index is 0.0503. The van der Waals surface area contributed by atoms with Crippen molar-refractivity contribution in [2.75, 3.05) is 33.9 Å². The second-order valence-electron chi connectivity index (χ2n) is 5.61. The zero-order valence-corrected chi connectivity index (χ0v) is 13.7. The number of aromatic amines is 1. The van der Waals surface area contributed by atoms with Gasteiger partial charge in [-0.05, 0) is 6.07 Å². The number of carbonyl (C=O) groups excluding carboxylic acids is 1. The van der Waals surface area contributed by atoms with Gasteiger partial charge in [0.2, 0.25) is 5.91 Å². The molecule has 0 radical (unpaired) electrons. The largest absolute Gasteiger partial charge is 0.493 e. The molecule has 1 aliphatic heterocycles. The number of carbonyl (C=O) groups is 1. The molecule has 0 saturated carbocycles. The second-order valence-corrected chi connectivity index (χ2v) is 5.61. The highest BCUT2D eigenvalue weighted by atomic mass is 16.5. The Kier molecular flexibility index (Phi) is 4.66. The fourth-order valence-electron chi connectivity index (χ4n) is 2.77. The van der Waals surface area contributed by atoms with E-state index in [1.54, 1.807) is 19.2 Å². The van der Waals surface area contributed by atoms with E-state index in [1.807, 2.05) is 0 Å². The number of nitrogens with one attached hydrogen (secondary N) is 2. The topological polar surface area (TPSA) is 96.5 Å². The predicted molar refractivity (Wildman–Crippen MR) is 88.4 cm³/mol. The van der Waals surface area contributed by atoms with Crippen molar-refractivity contribution < 1.29 is 14.3 Å². The van der Waals surface area contributed by atoms with Crippen molar-refractivity contribution in [1.82, 2.24) is 20.2 Å². The Hall–Kier alpha value is -2.61. The number of nitrogens with zero attached hydrogens (tertiary/aromatic N) is 2. The number of H-pyrrole nitrogens is 1. The van der Waals surface area contributed by atoms with Gasteiger partial charge in [-0.15, -0.1) is 0 Å². The second kappa shape index (κ2) is 6.88. The van der Waals surface area contributed by atoms with Crippen molar-refractivity contribution >= 4 is 16.8 Å². The Labute approximate surface area is 138 Å². The van der Waals surface area contributed by atoms with Crippen LogP contribution in [0.3, 0.4) is 0 Å². The van der Waals surface area contributed by atoms with Crippen LogP contribution in [0, 0.1) is 0 Å². The molecule has 1 saturated heterocycles. The smallest absolute Gasteiger partial charge is 0.258 e. The van der Waals surface area contributed by atoms with Crippen LogP contribution >= 0.6 is 0 Å². The van der Waals surface area contributed by atoms with Crippen LogP contribution < -0.4 is 20.3 Å². The maximum atomic E-state index is 12.4. The van der Waals surface area contributed by atoms with Crippen molar-refractivity contribution in [2.45, 2.75) is 13.0 Å². The number of ether oxygens (including phenoxy) is 2. The molecular weight excluding hydrogens is 312 g/mol. The first-order valence-electron chi connectivity index (χ1n) is 7.74. The van der Waals surface area contributed by atoms with Gasteiger partial charge < -0.3 is 19.8 Å². The molecule has 1 aliphatic rings. The Morgan fingerprint density at radius 2 is 1.92 bits per heavy atom. The number of hydrogen-bond acceptors (Lipinski definition) is 6. The molecule has 0 spiro atoms. The van der Waals surface area contributed by atoms with Crippen LogP contribution in [0.2, 0.25) is 0 Å². The zero-order valence-electron chi connectivity index (χ0n) is 13.7. The highest BCUT2D eigenvalue weighted by Gasteiger charge is 2.16. The minimum atomic E-state index is -0.222. The average Bonchev–Trinajstić information content (AvgIpc) is 2.78. The van der Waals surface area contributed by atoms with Crippen LogP contribution in [0.5, 0.6) is 11.5 Å². The number of benzene rings is 1. The first-order chi connectivity index (χ1) is 11.6. The monoisotopic (exact) mass is 332 g/mol. The van der Waals surface area contributed by atoms with Crippen LogP contribution in [-0.4, -0.2) is 54.6 Å². The molecule has 1 aromatic carbocycles. The summed E-state index contributed by atoms with van der Waals surface area (Å²) in [6.07, 6.45) is 0.447. The first-order valence-corrected chi connectivity index (χ1v) is 7.74. The van der Waals surface area contributed by atoms with E-state index < -0.39 is 0 Å². The summed E-state index contributed by atoms with van der Waals surface area (Å²) in [5, 5.41) is 3.27. The fraction of sp³-hybridized carbons (Fsp3) is 0.438. The molecule has 2 heterocycles. The van der Waals surface area contributed by atoms with E-state index in [0.717, 1.165) is 6.54 Å². The zero-order chi connectivity index (χ0) is 17.1. The van der Waals surface area contributed by atoms with Crippen molar-refractivity contribution in [3.8, 4) is 11.5 Å². The number of methoxy groups -OCH3 is 2. The van der Waals surface area contributed by atoms with Gasteiger partial charge in [0.15, 0.2) is 11.5 Å². The predicted octanol–water partition coefficient (Wildman–Crippen LogP) is 0.262. The summed E-state index contributed by atoms with van der Waals surface area (Å²) in [5.74, 6) is 1.63. The molecule has 1 amide bonds. The Bertz CT molecular complexity index is 818. The first kappa shape index (κ1) is 16.3. The van der Waals surface area contributed by atoms with Gasteiger partial charge in [0.25, 0.3) is 5.56 Å². The molecule has 0 bridgehead atoms. The molecule has 0 unspecified atom stereocenters. The molecular formula is C16H20N4O4. The van der Waals surface area contributed by atoms with Crippen LogP contribution in [0.1, 0.15) is 12.2 Å². The number of rotatable bonds is 4. The highest BCUT2D eigenvalue weighted by Crippen LogP contribution is 2.29. The van der Waals surface area contributed by atoms with Crippen LogP contribution in [0.15, 0.2) is 16.9 Å². The number of hydrogen-bond donors (Lipinski definition) is 2. The Morgan fingerprint density at radius 1 is 1.17 bits per heavy atom. The van der Waals surface area contributed by atoms with Gasteiger partial charge in [-0.25, -0.2) is 4.98 Å². The molecule has 128 valence electrons. The van der Waals surface area contributed by atoms with Crippen molar-refractivity contribution in [1.29, 1.82) is 0 Å². The van der Waals surface area contributed by atoms with Gasteiger partial charge in [0, 0.05) is 32.1 Å². The summed E-state index contributed by atoms with van der Waals surface area (Å²) >= 11 is 0. The maximum Gasteiger partial charge on any atom is 0.258 e. The quantitative estimate of drug-likeness (QED) is 0.834. The third-order valence-electron chi connectivity index (χ3n) is 4.04. The molecule has 24 heavy (non-hydrogen) atoms. The Morgan fingerprint density at radius 3 is 2.67 bits per heavy atom. The maximum absolute atomic E-state index is 12.4. The van der Waals surface area contributed by atoms with Crippen molar-refractivity contribution in [3.63, 3.8) is 0 Å². The number of fused-ring (bicyclic) bond motifs is 1. The van der Waals surface area contributed by atoms with E-state index in [0.29, 0.717) is 54.3 Å². The van der Waals surface area contributed by atoms with Crippen molar-refractivity contribution in [2.24, 2.45) is 0 Å². The van der Waals surface area contributed by atoms with E-state index >= 15 is 0 Å². The van der Waals surface area contributed by atoms with Gasteiger partial charge in [-0.1, -0.05) is 0 Å². The number of aromatic nitrogens is 2. The highest BCUT2D eigenvalue weighted by molar-refractivity contribution is 5.81. The van der Waals surface area contributed by atoms with E-state index in [9.17, 15) is 9.59 Å². The Balaban J connectivity index is 1.92. The van der Waals surface area contributed by atoms with Crippen LogP contribution in [-0.2, 0) is 11.3 Å². The molecule has 1 fully saturated rings. The summed E-state index contributed by atoms with van der Waals surface area (Å²) in [5.41, 5.74) is 0.329. The van der Waals surface area contributed by atoms with E-state index in [-0.39, 0.29) is 11.5 Å². The summed E-state index contributed by atoms with van der Waals surface area (Å²) in [6, 6.07) is 3.32. The molecule has 8 nitrogen and oxygen atoms in total. The standard InChI is InChI=1S/C16H20N4O4/c1-23-12-7-10-11(8-13(12)24-2)18-14(19-16(10)22)9-20-5-3-15(21)17-4-6-20/h7-8H,3-6,9H2,1-2H3,(H,17,21)(H,18,19,22). The van der Waals surface area contributed by atoms with E-state index in [4.69, 9.17) is 9.47 Å². The van der Waals surface area contributed by atoms with E-state index in [1.165, 1.54) is 7.11 Å². The molecule has 1 aromatic heterocycles. The van der Waals surface area contributed by atoms with Crippen molar-refractivity contribution in [3.05, 3.63) is 28.3 Å². The van der Waals surface area contributed by atoms with Gasteiger partial charge in [0.05, 0.1) is 31.7 Å². The lowest BCUT2D eigenvalue weighted by Gasteiger charge is -2.18. The van der Waals surface area contributed by atoms with Gasteiger partial charge in [-0.3, -0.25) is 14.5 Å². The molecule has 0 aliphatic carbocycles. The summed E-state index contributed by atoms with van der Waals surface area (Å²) in [7, 11) is 3.06. The van der Waals surface area contributed by atoms with Gasteiger partial charge in [0.1, 0.15) is 5.82 Å². The lowest BCUT2D eigenvalue weighted by atomic mass is 10.2. The lowest BCUT2D eigenvalue weighted by molar-refractivity contribution is -0.120. The molecule has 3 rings (SSSR count). The molecule has 8 heteroatoms. The third-order valence-corrected chi connectivity index (χ3v) is 4.04. The van der Waals surface area contributed by atoms with Crippen LogP contribution in [0.25, 0.3) is 10.9 Å². The number of amides is 1. The summed E-state index contributed by atoms with van der Waals surface area (Å²) in [6.45, 7) is 2.44. The van der Waals surface area contributed by atoms with Crippen LogP contribution in [0.4, 0.5) is 0 Å². The lowest BCUT2D eigenvalue weighted by Crippen LogP contribution is -2.29. The molecule has 0 atom stereocenters. The summed E-state index contributed by atoms with van der Waals surface area (Å²) in [4.78, 5) is 33.2. The average molecular weight is 332 g/mol. The van der Waals surface area contributed by atoms with Gasteiger partial charge >= 0.3 is 0 Å². The molecule has 2 N–H and O–H groups in total. The fourth-order valence-corrected chi connectivity index (χ4v) is 2.77. The minimum Gasteiger partial charge on any atom is -0.493 e. The van der Waals surface area contributed by atoms with Gasteiger partial charge in [-0.2, -0.15) is 0 Å². The SMILES string of the molecule is COc1cc2nc(CN3CCNC(=O)CC3)[nH]c(=O)c2cc1OC. The molecule has 2 aromatic rings.